The zero-order valence-electron chi connectivity index (χ0n) is 11.5. The Bertz CT molecular complexity index is 567. The van der Waals surface area contributed by atoms with Crippen LogP contribution in [-0.2, 0) is 9.59 Å². The summed E-state index contributed by atoms with van der Waals surface area (Å²) in [5.41, 5.74) is 0.695. The molecule has 2 unspecified atom stereocenters. The molecule has 0 radical (unpaired) electrons. The van der Waals surface area contributed by atoms with Gasteiger partial charge in [0.2, 0.25) is 11.8 Å². The summed E-state index contributed by atoms with van der Waals surface area (Å²) in [7, 11) is 0. The van der Waals surface area contributed by atoms with Crippen molar-refractivity contribution in [2.24, 2.45) is 11.3 Å². The van der Waals surface area contributed by atoms with Crippen LogP contribution in [0.15, 0.2) is 24.3 Å². The molecule has 3 rings (SSSR count). The molecule has 1 aliphatic carbocycles. The van der Waals surface area contributed by atoms with Crippen molar-refractivity contribution in [1.82, 2.24) is 5.32 Å². The highest BCUT2D eigenvalue weighted by atomic mass is 35.5. The molecule has 1 N–H and O–H groups in total. The van der Waals surface area contributed by atoms with Crippen LogP contribution >= 0.6 is 11.6 Å². The molecule has 1 saturated carbocycles. The Kier molecular flexibility index (Phi) is 3.33. The summed E-state index contributed by atoms with van der Waals surface area (Å²) in [5, 5.41) is 3.13. The third-order valence-electron chi connectivity index (χ3n) is 4.82. The summed E-state index contributed by atoms with van der Waals surface area (Å²) >= 11 is 6.07. The maximum atomic E-state index is 12.4. The summed E-state index contributed by atoms with van der Waals surface area (Å²) in [6, 6.07) is 7.48. The van der Waals surface area contributed by atoms with Crippen LogP contribution in [0, 0.1) is 11.3 Å². The minimum atomic E-state index is -0.267. The number of amides is 2. The second-order valence-electron chi connectivity index (χ2n) is 5.94. The van der Waals surface area contributed by atoms with E-state index in [1.807, 2.05) is 24.3 Å². The van der Waals surface area contributed by atoms with Crippen molar-refractivity contribution in [3.05, 3.63) is 34.9 Å². The van der Waals surface area contributed by atoms with Crippen LogP contribution in [0.25, 0.3) is 0 Å². The fourth-order valence-electron chi connectivity index (χ4n) is 3.74. The van der Waals surface area contributed by atoms with Crippen molar-refractivity contribution in [2.75, 3.05) is 0 Å². The first-order valence-corrected chi connectivity index (χ1v) is 7.54. The molecule has 1 aliphatic heterocycles. The van der Waals surface area contributed by atoms with Crippen molar-refractivity contribution in [3.8, 4) is 0 Å². The van der Waals surface area contributed by atoms with E-state index in [2.05, 4.69) is 12.2 Å². The Morgan fingerprint density at radius 2 is 2.10 bits per heavy atom. The highest BCUT2D eigenvalue weighted by Crippen LogP contribution is 2.58. The summed E-state index contributed by atoms with van der Waals surface area (Å²) in [4.78, 5) is 24.3. The van der Waals surface area contributed by atoms with Crippen LogP contribution in [0.4, 0.5) is 0 Å². The van der Waals surface area contributed by atoms with Gasteiger partial charge in [0.05, 0.1) is 5.92 Å². The third-order valence-corrected chi connectivity index (χ3v) is 5.06. The Morgan fingerprint density at radius 1 is 1.35 bits per heavy atom. The van der Waals surface area contributed by atoms with Gasteiger partial charge in [0.15, 0.2) is 0 Å². The number of carbonyl (C=O) groups excluding carboxylic acids is 2. The molecule has 1 aromatic carbocycles. The van der Waals surface area contributed by atoms with Gasteiger partial charge >= 0.3 is 0 Å². The van der Waals surface area contributed by atoms with Gasteiger partial charge in [-0.3, -0.25) is 14.9 Å². The number of rotatable bonds is 3. The summed E-state index contributed by atoms with van der Waals surface area (Å²) in [6.07, 6.45) is 3.52. The lowest BCUT2D eigenvalue weighted by atomic mass is 9.62. The maximum absolute atomic E-state index is 12.4. The van der Waals surface area contributed by atoms with E-state index < -0.39 is 0 Å². The van der Waals surface area contributed by atoms with Gasteiger partial charge in [0.25, 0.3) is 0 Å². The molecule has 2 amide bonds. The lowest BCUT2D eigenvalue weighted by Crippen LogP contribution is -2.51. The molecule has 2 aliphatic rings. The van der Waals surface area contributed by atoms with E-state index in [0.717, 1.165) is 24.8 Å². The molecule has 3 nitrogen and oxygen atoms in total. The van der Waals surface area contributed by atoms with E-state index in [1.165, 1.54) is 0 Å². The van der Waals surface area contributed by atoms with Gasteiger partial charge < -0.3 is 0 Å². The first kappa shape index (κ1) is 13.6. The molecular formula is C16H18ClNO2. The van der Waals surface area contributed by atoms with E-state index in [9.17, 15) is 9.59 Å². The zero-order valence-corrected chi connectivity index (χ0v) is 12.2. The number of hydrogen-bond donors (Lipinski definition) is 1. The normalized spacial score (nSPS) is 30.2. The number of piperidine rings is 1. The SMILES string of the molecule is CCC1(C2CC2)CC(=O)NC(=O)C1c1cccc(Cl)c1. The van der Waals surface area contributed by atoms with Gasteiger partial charge in [-0.15, -0.1) is 0 Å². The number of benzene rings is 1. The monoisotopic (exact) mass is 291 g/mol. The molecule has 1 aromatic rings. The molecule has 2 fully saturated rings. The van der Waals surface area contributed by atoms with E-state index in [4.69, 9.17) is 11.6 Å². The fourth-order valence-corrected chi connectivity index (χ4v) is 3.94. The molecule has 0 aromatic heterocycles. The predicted octanol–water partition coefficient (Wildman–Crippen LogP) is 3.28. The zero-order chi connectivity index (χ0) is 14.3. The quantitative estimate of drug-likeness (QED) is 0.869. The summed E-state index contributed by atoms with van der Waals surface area (Å²) in [6.45, 7) is 2.09. The van der Waals surface area contributed by atoms with Gasteiger partial charge in [0, 0.05) is 11.4 Å². The minimum Gasteiger partial charge on any atom is -0.296 e. The van der Waals surface area contributed by atoms with E-state index >= 15 is 0 Å². The topological polar surface area (TPSA) is 46.2 Å². The van der Waals surface area contributed by atoms with Gasteiger partial charge in [-0.2, -0.15) is 0 Å². The maximum Gasteiger partial charge on any atom is 0.234 e. The van der Waals surface area contributed by atoms with Crippen LogP contribution < -0.4 is 5.32 Å². The molecule has 4 heteroatoms. The van der Waals surface area contributed by atoms with E-state index in [0.29, 0.717) is 17.4 Å². The van der Waals surface area contributed by atoms with E-state index in [1.54, 1.807) is 0 Å². The Morgan fingerprint density at radius 3 is 2.70 bits per heavy atom. The van der Waals surface area contributed by atoms with Crippen LogP contribution in [0.1, 0.15) is 44.1 Å². The highest BCUT2D eigenvalue weighted by Gasteiger charge is 2.55. The number of hydrogen-bond acceptors (Lipinski definition) is 2. The lowest BCUT2D eigenvalue weighted by Gasteiger charge is -2.43. The van der Waals surface area contributed by atoms with Crippen LogP contribution in [-0.4, -0.2) is 11.8 Å². The van der Waals surface area contributed by atoms with Crippen LogP contribution in [0.5, 0.6) is 0 Å². The largest absolute Gasteiger partial charge is 0.296 e. The van der Waals surface area contributed by atoms with Crippen molar-refractivity contribution < 1.29 is 9.59 Å². The summed E-state index contributed by atoms with van der Waals surface area (Å²) in [5.74, 6) is -0.0952. The van der Waals surface area contributed by atoms with Gasteiger partial charge in [-0.05, 0) is 48.3 Å². The molecule has 0 bridgehead atoms. The Labute approximate surface area is 123 Å². The molecule has 2 atom stereocenters. The van der Waals surface area contributed by atoms with Gasteiger partial charge in [-0.25, -0.2) is 0 Å². The summed E-state index contributed by atoms with van der Waals surface area (Å²) < 4.78 is 0. The Balaban J connectivity index is 2.08. The number of imide groups is 1. The smallest absolute Gasteiger partial charge is 0.234 e. The second-order valence-corrected chi connectivity index (χ2v) is 6.37. The first-order chi connectivity index (χ1) is 9.56. The van der Waals surface area contributed by atoms with Crippen molar-refractivity contribution in [3.63, 3.8) is 0 Å². The van der Waals surface area contributed by atoms with Crippen LogP contribution in [0.3, 0.4) is 0 Å². The van der Waals surface area contributed by atoms with Crippen molar-refractivity contribution >= 4 is 23.4 Å². The van der Waals surface area contributed by atoms with Gasteiger partial charge in [0.1, 0.15) is 0 Å². The van der Waals surface area contributed by atoms with E-state index in [-0.39, 0.29) is 23.1 Å². The van der Waals surface area contributed by atoms with Crippen LogP contribution in [0.2, 0.25) is 5.02 Å². The lowest BCUT2D eigenvalue weighted by molar-refractivity contribution is -0.141. The molecule has 20 heavy (non-hydrogen) atoms. The standard InChI is InChI=1S/C16H18ClNO2/c1-2-16(11-6-7-11)9-13(19)18-15(20)14(16)10-4-3-5-12(17)8-10/h3-5,8,11,14H,2,6-7,9H2,1H3,(H,18,19,20). The van der Waals surface area contributed by atoms with Gasteiger partial charge in [-0.1, -0.05) is 30.7 Å². The molecule has 0 spiro atoms. The highest BCUT2D eigenvalue weighted by molar-refractivity contribution is 6.30. The average Bonchev–Trinajstić information content (AvgIpc) is 3.22. The predicted molar refractivity (Wildman–Crippen MR) is 77.4 cm³/mol. The molecule has 106 valence electrons. The Hall–Kier alpha value is -1.35. The fraction of sp³-hybridized carbons (Fsp3) is 0.500. The average molecular weight is 292 g/mol. The second kappa shape index (κ2) is 4.88. The first-order valence-electron chi connectivity index (χ1n) is 7.16. The minimum absolute atomic E-state index is 0.137. The van der Waals surface area contributed by atoms with Crippen molar-refractivity contribution in [2.45, 2.75) is 38.5 Å². The van der Waals surface area contributed by atoms with Crippen molar-refractivity contribution in [1.29, 1.82) is 0 Å². The molecule has 1 saturated heterocycles. The third kappa shape index (κ3) is 2.14. The molecular weight excluding hydrogens is 274 g/mol. The number of carbonyl (C=O) groups is 2. The number of nitrogens with one attached hydrogen (secondary N) is 1. The molecule has 1 heterocycles. The number of halogens is 1.